The van der Waals surface area contributed by atoms with Crippen LogP contribution in [0.3, 0.4) is 0 Å². The molecule has 1 aliphatic rings. The zero-order chi connectivity index (χ0) is 9.14. The van der Waals surface area contributed by atoms with Crippen LogP contribution in [-0.4, -0.2) is 6.29 Å². The van der Waals surface area contributed by atoms with Gasteiger partial charge in [-0.25, -0.2) is 0 Å². The lowest BCUT2D eigenvalue weighted by atomic mass is 9.78. The molecule has 0 saturated heterocycles. The molecule has 1 nitrogen and oxygen atoms in total. The summed E-state index contributed by atoms with van der Waals surface area (Å²) < 4.78 is 0. The largest absolute Gasteiger partial charge is 0.303 e. The summed E-state index contributed by atoms with van der Waals surface area (Å²) in [6, 6.07) is 0. The molecule has 68 valence electrons. The van der Waals surface area contributed by atoms with E-state index >= 15 is 0 Å². The van der Waals surface area contributed by atoms with Gasteiger partial charge >= 0.3 is 0 Å². The van der Waals surface area contributed by atoms with E-state index in [-0.39, 0.29) is 5.92 Å². The Morgan fingerprint density at radius 1 is 1.50 bits per heavy atom. The summed E-state index contributed by atoms with van der Waals surface area (Å²) in [5.41, 5.74) is 2.74. The van der Waals surface area contributed by atoms with Gasteiger partial charge in [0.2, 0.25) is 0 Å². The third kappa shape index (κ3) is 1.96. The smallest absolute Gasteiger partial charge is 0.127 e. The highest BCUT2D eigenvalue weighted by Crippen LogP contribution is 2.33. The van der Waals surface area contributed by atoms with Crippen molar-refractivity contribution in [3.8, 4) is 0 Å². The van der Waals surface area contributed by atoms with Gasteiger partial charge in [0.15, 0.2) is 0 Å². The van der Waals surface area contributed by atoms with Gasteiger partial charge in [-0.15, -0.1) is 0 Å². The number of carbonyl (C=O) groups excluding carboxylic acids is 1. The Morgan fingerprint density at radius 2 is 2.17 bits per heavy atom. The van der Waals surface area contributed by atoms with Crippen LogP contribution in [0.2, 0.25) is 0 Å². The molecule has 0 heterocycles. The minimum atomic E-state index is 0.221. The molecule has 0 aromatic carbocycles. The fraction of sp³-hybridized carbons (Fsp3) is 0.727. The maximum absolute atomic E-state index is 10.8. The van der Waals surface area contributed by atoms with Gasteiger partial charge in [-0.2, -0.15) is 0 Å². The predicted molar refractivity (Wildman–Crippen MR) is 50.9 cm³/mol. The minimum absolute atomic E-state index is 0.221. The van der Waals surface area contributed by atoms with E-state index in [1.165, 1.54) is 17.6 Å². The van der Waals surface area contributed by atoms with Crippen LogP contribution in [0.1, 0.15) is 40.0 Å². The molecule has 0 aliphatic heterocycles. The number of hydrogen-bond donors (Lipinski definition) is 0. The highest BCUT2D eigenvalue weighted by atomic mass is 16.1. The Morgan fingerprint density at radius 3 is 2.67 bits per heavy atom. The molecule has 2 atom stereocenters. The predicted octanol–water partition coefficient (Wildman–Crippen LogP) is 2.96. The van der Waals surface area contributed by atoms with Crippen LogP contribution >= 0.6 is 0 Å². The lowest BCUT2D eigenvalue weighted by molar-refractivity contribution is -0.110. The first-order chi connectivity index (χ1) is 5.65. The molecule has 1 aliphatic carbocycles. The summed E-state index contributed by atoms with van der Waals surface area (Å²) in [7, 11) is 0. The molecule has 2 unspecified atom stereocenters. The molecule has 12 heavy (non-hydrogen) atoms. The lowest BCUT2D eigenvalue weighted by Crippen LogP contribution is -2.18. The zero-order valence-electron chi connectivity index (χ0n) is 8.26. The lowest BCUT2D eigenvalue weighted by Gasteiger charge is -2.27. The topological polar surface area (TPSA) is 17.1 Å². The van der Waals surface area contributed by atoms with Gasteiger partial charge in [0.25, 0.3) is 0 Å². The Bertz CT molecular complexity index is 199. The third-order valence-corrected chi connectivity index (χ3v) is 2.82. The average Bonchev–Trinajstić information content (AvgIpc) is 2.03. The van der Waals surface area contributed by atoms with E-state index < -0.39 is 0 Å². The molecule has 0 spiro atoms. The van der Waals surface area contributed by atoms with Crippen molar-refractivity contribution in [2.45, 2.75) is 40.0 Å². The van der Waals surface area contributed by atoms with Crippen LogP contribution in [0.25, 0.3) is 0 Å². The second kappa shape index (κ2) is 3.88. The van der Waals surface area contributed by atoms with Crippen molar-refractivity contribution in [1.29, 1.82) is 0 Å². The summed E-state index contributed by atoms with van der Waals surface area (Å²) in [6.45, 7) is 6.46. The number of allylic oxidation sites excluding steroid dienone is 2. The maximum Gasteiger partial charge on any atom is 0.127 e. The van der Waals surface area contributed by atoms with Crippen molar-refractivity contribution in [3.05, 3.63) is 11.1 Å². The van der Waals surface area contributed by atoms with Gasteiger partial charge in [0.1, 0.15) is 6.29 Å². The van der Waals surface area contributed by atoms with Crippen molar-refractivity contribution in [2.24, 2.45) is 11.8 Å². The van der Waals surface area contributed by atoms with Crippen molar-refractivity contribution in [1.82, 2.24) is 0 Å². The van der Waals surface area contributed by atoms with Crippen LogP contribution < -0.4 is 0 Å². The molecular weight excluding hydrogens is 148 g/mol. The Labute approximate surface area is 74.9 Å². The van der Waals surface area contributed by atoms with E-state index in [0.29, 0.717) is 0 Å². The monoisotopic (exact) mass is 166 g/mol. The first kappa shape index (κ1) is 9.50. The van der Waals surface area contributed by atoms with E-state index in [0.717, 1.165) is 25.0 Å². The summed E-state index contributed by atoms with van der Waals surface area (Å²) in [4.78, 5) is 10.8. The SMILES string of the molecule is CC(C)=C1CCC(C)CC1C=O. The number of rotatable bonds is 1. The second-order valence-corrected chi connectivity index (χ2v) is 4.15. The Kier molecular flexibility index (Phi) is 3.07. The number of hydrogen-bond acceptors (Lipinski definition) is 1. The molecular formula is C11H18O. The van der Waals surface area contributed by atoms with Gasteiger partial charge < -0.3 is 4.79 Å². The van der Waals surface area contributed by atoms with Crippen LogP contribution in [0.4, 0.5) is 0 Å². The van der Waals surface area contributed by atoms with Crippen LogP contribution in [-0.2, 0) is 4.79 Å². The van der Waals surface area contributed by atoms with Crippen LogP contribution in [0, 0.1) is 11.8 Å². The molecule has 1 rings (SSSR count). The number of aldehydes is 1. The first-order valence-electron chi connectivity index (χ1n) is 4.76. The molecule has 0 amide bonds. The van der Waals surface area contributed by atoms with E-state index in [2.05, 4.69) is 20.8 Å². The summed E-state index contributed by atoms with van der Waals surface area (Å²) in [5.74, 6) is 0.946. The fourth-order valence-electron chi connectivity index (χ4n) is 2.04. The van der Waals surface area contributed by atoms with Crippen molar-refractivity contribution in [3.63, 3.8) is 0 Å². The van der Waals surface area contributed by atoms with E-state index in [4.69, 9.17) is 0 Å². The molecule has 0 N–H and O–H groups in total. The normalized spacial score (nSPS) is 30.1. The van der Waals surface area contributed by atoms with E-state index in [1.807, 2.05) is 0 Å². The van der Waals surface area contributed by atoms with Gasteiger partial charge in [-0.3, -0.25) is 0 Å². The van der Waals surface area contributed by atoms with Crippen molar-refractivity contribution >= 4 is 6.29 Å². The van der Waals surface area contributed by atoms with Gasteiger partial charge in [0, 0.05) is 5.92 Å². The van der Waals surface area contributed by atoms with E-state index in [1.54, 1.807) is 0 Å². The average molecular weight is 166 g/mol. The van der Waals surface area contributed by atoms with E-state index in [9.17, 15) is 4.79 Å². The first-order valence-corrected chi connectivity index (χ1v) is 4.76. The molecule has 0 bridgehead atoms. The highest BCUT2D eigenvalue weighted by molar-refractivity contribution is 5.59. The van der Waals surface area contributed by atoms with Crippen LogP contribution in [0.15, 0.2) is 11.1 Å². The van der Waals surface area contributed by atoms with Crippen molar-refractivity contribution < 1.29 is 4.79 Å². The summed E-state index contributed by atoms with van der Waals surface area (Å²) in [6.07, 6.45) is 4.57. The Hall–Kier alpha value is -0.590. The van der Waals surface area contributed by atoms with Crippen LogP contribution in [0.5, 0.6) is 0 Å². The van der Waals surface area contributed by atoms with Crippen molar-refractivity contribution in [2.75, 3.05) is 0 Å². The second-order valence-electron chi connectivity index (χ2n) is 4.15. The molecule has 0 aromatic heterocycles. The molecule has 0 aromatic rings. The molecule has 0 radical (unpaired) electrons. The van der Waals surface area contributed by atoms with Gasteiger partial charge in [0.05, 0.1) is 0 Å². The molecule has 1 fully saturated rings. The fourth-order valence-corrected chi connectivity index (χ4v) is 2.04. The highest BCUT2D eigenvalue weighted by Gasteiger charge is 2.23. The quantitative estimate of drug-likeness (QED) is 0.432. The Balaban J connectivity index is 2.76. The number of carbonyl (C=O) groups is 1. The minimum Gasteiger partial charge on any atom is -0.303 e. The van der Waals surface area contributed by atoms with Gasteiger partial charge in [-0.05, 0) is 39.0 Å². The van der Waals surface area contributed by atoms with Gasteiger partial charge in [-0.1, -0.05) is 18.1 Å². The maximum atomic E-state index is 10.8. The molecule has 1 saturated carbocycles. The standard InChI is InChI=1S/C11H18O/c1-8(2)11-5-4-9(3)6-10(11)7-12/h7,9-10H,4-6H2,1-3H3. The third-order valence-electron chi connectivity index (χ3n) is 2.82. The summed E-state index contributed by atoms with van der Waals surface area (Å²) in [5, 5.41) is 0. The summed E-state index contributed by atoms with van der Waals surface area (Å²) >= 11 is 0. The zero-order valence-corrected chi connectivity index (χ0v) is 8.26. The molecule has 1 heteroatoms.